The normalized spacial score (nSPS) is 56.8. The van der Waals surface area contributed by atoms with E-state index in [9.17, 15) is 0 Å². The minimum absolute atomic E-state index is 0.768. The van der Waals surface area contributed by atoms with E-state index in [2.05, 4.69) is 33.0 Å². The fourth-order valence-electron chi connectivity index (χ4n) is 4.60. The van der Waals surface area contributed by atoms with E-state index in [0.717, 1.165) is 34.6 Å². The van der Waals surface area contributed by atoms with Crippen molar-refractivity contribution in [2.75, 3.05) is 6.54 Å². The van der Waals surface area contributed by atoms with Crippen molar-refractivity contribution < 1.29 is 0 Å². The molecule has 5 atom stereocenters. The Hall–Kier alpha value is -0.0400. The average molecular weight is 193 g/mol. The van der Waals surface area contributed by atoms with Crippen molar-refractivity contribution in [2.24, 2.45) is 28.6 Å². The van der Waals surface area contributed by atoms with Gasteiger partial charge < -0.3 is 5.32 Å². The third-order valence-corrected chi connectivity index (χ3v) is 5.46. The molecule has 1 nitrogen and oxygen atoms in total. The monoisotopic (exact) mass is 193 g/mol. The van der Waals surface area contributed by atoms with Gasteiger partial charge in [0.25, 0.3) is 0 Å². The van der Waals surface area contributed by atoms with E-state index in [-0.39, 0.29) is 0 Å². The maximum atomic E-state index is 3.76. The van der Waals surface area contributed by atoms with Crippen LogP contribution in [-0.4, -0.2) is 12.6 Å². The topological polar surface area (TPSA) is 12.0 Å². The molecule has 80 valence electrons. The molecule has 0 aromatic carbocycles. The molecule has 14 heavy (non-hydrogen) atoms. The van der Waals surface area contributed by atoms with Crippen LogP contribution in [0.3, 0.4) is 0 Å². The smallest absolute Gasteiger partial charge is 0.0198 e. The largest absolute Gasteiger partial charge is 0.313 e. The lowest BCUT2D eigenvalue weighted by Crippen LogP contribution is -2.26. The predicted molar refractivity (Wildman–Crippen MR) is 59.1 cm³/mol. The SMILES string of the molecule is CC(C)CCCNC1C2(C)[C@H]3C(C)[C@]132. The second-order valence-corrected chi connectivity index (χ2v) is 6.41. The highest BCUT2D eigenvalue weighted by atomic mass is 15.2. The van der Waals surface area contributed by atoms with Crippen LogP contribution < -0.4 is 5.32 Å². The van der Waals surface area contributed by atoms with E-state index in [1.807, 2.05) is 0 Å². The van der Waals surface area contributed by atoms with E-state index in [4.69, 9.17) is 0 Å². The highest BCUT2D eigenvalue weighted by molar-refractivity contribution is 5.58. The van der Waals surface area contributed by atoms with E-state index < -0.39 is 0 Å². The van der Waals surface area contributed by atoms with Crippen molar-refractivity contribution in [2.45, 2.75) is 46.6 Å². The fourth-order valence-corrected chi connectivity index (χ4v) is 4.60. The van der Waals surface area contributed by atoms with Gasteiger partial charge in [0.1, 0.15) is 0 Å². The first-order chi connectivity index (χ1) is 6.58. The Labute approximate surface area is 87.7 Å². The summed E-state index contributed by atoms with van der Waals surface area (Å²) in [7, 11) is 0. The summed E-state index contributed by atoms with van der Waals surface area (Å²) >= 11 is 0. The van der Waals surface area contributed by atoms with Crippen molar-refractivity contribution in [3.05, 3.63) is 0 Å². The van der Waals surface area contributed by atoms with Gasteiger partial charge in [0, 0.05) is 6.04 Å². The Morgan fingerprint density at radius 1 is 1.36 bits per heavy atom. The summed E-state index contributed by atoms with van der Waals surface area (Å²) in [5.41, 5.74) is 1.59. The second-order valence-electron chi connectivity index (χ2n) is 6.41. The van der Waals surface area contributed by atoms with Crippen molar-refractivity contribution in [3.63, 3.8) is 0 Å². The Bertz CT molecular complexity index is 272. The van der Waals surface area contributed by atoms with Crippen molar-refractivity contribution in [1.29, 1.82) is 0 Å². The summed E-state index contributed by atoms with van der Waals surface area (Å²) in [6, 6.07) is 0.905. The minimum Gasteiger partial charge on any atom is -0.313 e. The highest BCUT2D eigenvalue weighted by Crippen LogP contribution is 3.07. The Kier molecular flexibility index (Phi) is 1.56. The molecule has 3 rings (SSSR count). The molecule has 0 bridgehead atoms. The zero-order valence-corrected chi connectivity index (χ0v) is 9.93. The first-order valence-electron chi connectivity index (χ1n) is 6.31. The van der Waals surface area contributed by atoms with Gasteiger partial charge in [-0.15, -0.1) is 0 Å². The molecule has 3 saturated carbocycles. The van der Waals surface area contributed by atoms with Gasteiger partial charge in [-0.2, -0.15) is 0 Å². The van der Waals surface area contributed by atoms with Gasteiger partial charge in [0.2, 0.25) is 0 Å². The van der Waals surface area contributed by atoms with Crippen molar-refractivity contribution in [1.82, 2.24) is 5.32 Å². The lowest BCUT2D eigenvalue weighted by atomic mass is 10.1. The molecule has 0 radical (unpaired) electrons. The molecule has 0 aromatic heterocycles. The Morgan fingerprint density at radius 2 is 2.07 bits per heavy atom. The van der Waals surface area contributed by atoms with Gasteiger partial charge in [0.05, 0.1) is 0 Å². The highest BCUT2D eigenvalue weighted by Gasteiger charge is 3.09. The van der Waals surface area contributed by atoms with E-state index in [1.54, 1.807) is 0 Å². The molecule has 0 saturated heterocycles. The first-order valence-corrected chi connectivity index (χ1v) is 6.31. The van der Waals surface area contributed by atoms with E-state index in [1.165, 1.54) is 19.4 Å². The molecule has 0 heterocycles. The van der Waals surface area contributed by atoms with Gasteiger partial charge in [-0.1, -0.05) is 27.7 Å². The van der Waals surface area contributed by atoms with Crippen LogP contribution in [0.25, 0.3) is 0 Å². The number of hydrogen-bond acceptors (Lipinski definition) is 1. The number of hydrogen-bond donors (Lipinski definition) is 1. The average Bonchev–Trinajstić information content (AvgIpc) is 2.96. The molecule has 3 fully saturated rings. The summed E-state index contributed by atoms with van der Waals surface area (Å²) in [5.74, 6) is 3.04. The molecule has 3 aliphatic rings. The van der Waals surface area contributed by atoms with Gasteiger partial charge in [0.15, 0.2) is 0 Å². The standard InChI is InChI=1S/C13H23N/c1-8(2)6-5-7-14-11-12(4)10-9(3)13(10,11)12/h8-11,14H,5-7H2,1-4H3/t9?,10-,11?,12?,13-/m1/s1. The molecule has 0 amide bonds. The molecule has 0 aliphatic heterocycles. The van der Waals surface area contributed by atoms with E-state index in [0.29, 0.717) is 0 Å². The summed E-state index contributed by atoms with van der Waals surface area (Å²) in [5, 5.41) is 3.76. The van der Waals surface area contributed by atoms with Crippen LogP contribution in [0.15, 0.2) is 0 Å². The third-order valence-electron chi connectivity index (χ3n) is 5.46. The number of nitrogens with one attached hydrogen (secondary N) is 1. The van der Waals surface area contributed by atoms with Crippen LogP contribution in [0, 0.1) is 28.6 Å². The van der Waals surface area contributed by atoms with Crippen LogP contribution in [0.4, 0.5) is 0 Å². The quantitative estimate of drug-likeness (QED) is 0.662. The van der Waals surface area contributed by atoms with Crippen LogP contribution in [0.2, 0.25) is 0 Å². The van der Waals surface area contributed by atoms with Crippen LogP contribution in [0.1, 0.15) is 40.5 Å². The summed E-state index contributed by atoms with van der Waals surface area (Å²) in [6.07, 6.45) is 2.74. The maximum Gasteiger partial charge on any atom is 0.0198 e. The third kappa shape index (κ3) is 0.743. The van der Waals surface area contributed by atoms with Gasteiger partial charge >= 0.3 is 0 Å². The lowest BCUT2D eigenvalue weighted by Gasteiger charge is -2.11. The molecule has 0 aromatic rings. The molecule has 1 N–H and O–H groups in total. The van der Waals surface area contributed by atoms with Gasteiger partial charge in [-0.25, -0.2) is 0 Å². The second kappa shape index (κ2) is 2.37. The van der Waals surface area contributed by atoms with Crippen LogP contribution in [0.5, 0.6) is 0 Å². The zero-order chi connectivity index (χ0) is 10.1. The Morgan fingerprint density at radius 3 is 2.50 bits per heavy atom. The zero-order valence-electron chi connectivity index (χ0n) is 9.93. The van der Waals surface area contributed by atoms with Gasteiger partial charge in [-0.3, -0.25) is 0 Å². The fraction of sp³-hybridized carbons (Fsp3) is 1.00. The predicted octanol–water partition coefficient (Wildman–Crippen LogP) is 2.67. The maximum absolute atomic E-state index is 3.76. The molecular formula is C13H23N. The van der Waals surface area contributed by atoms with Crippen LogP contribution >= 0.6 is 0 Å². The lowest BCUT2D eigenvalue weighted by molar-refractivity contribution is 0.442. The van der Waals surface area contributed by atoms with E-state index >= 15 is 0 Å². The number of fused-ring (bicyclic) bond motifs is 1. The molecule has 1 heteroatoms. The summed E-state index contributed by atoms with van der Waals surface area (Å²) in [6.45, 7) is 10.8. The van der Waals surface area contributed by atoms with Crippen molar-refractivity contribution >= 4 is 0 Å². The summed E-state index contributed by atoms with van der Waals surface area (Å²) < 4.78 is 0. The van der Waals surface area contributed by atoms with Crippen molar-refractivity contribution in [3.8, 4) is 0 Å². The molecule has 3 unspecified atom stereocenters. The molecule has 1 spiro atoms. The molecule has 3 aliphatic carbocycles. The van der Waals surface area contributed by atoms with Crippen LogP contribution in [-0.2, 0) is 0 Å². The Balaban J connectivity index is 1.37. The van der Waals surface area contributed by atoms with Gasteiger partial charge in [-0.05, 0) is 48.0 Å². The first kappa shape index (κ1) is 9.21. The molecular weight excluding hydrogens is 170 g/mol. The minimum atomic E-state index is 0.768. The number of rotatable bonds is 5. The summed E-state index contributed by atoms with van der Waals surface area (Å²) in [4.78, 5) is 0.